The summed E-state index contributed by atoms with van der Waals surface area (Å²) in [6.07, 6.45) is 0. The molecule has 0 saturated carbocycles. The summed E-state index contributed by atoms with van der Waals surface area (Å²) in [5.74, 6) is -0.695. The van der Waals surface area contributed by atoms with Gasteiger partial charge in [0.1, 0.15) is 10.7 Å². The van der Waals surface area contributed by atoms with Crippen molar-refractivity contribution in [1.82, 2.24) is 4.72 Å². The molecule has 0 amide bonds. The summed E-state index contributed by atoms with van der Waals surface area (Å²) in [6, 6.07) is 5.03. The molecule has 4 nitrogen and oxygen atoms in total. The molecule has 0 fully saturated rings. The van der Waals surface area contributed by atoms with E-state index >= 15 is 0 Å². The van der Waals surface area contributed by atoms with Crippen LogP contribution < -0.4 is 4.72 Å². The molecule has 1 rings (SSSR count). The Morgan fingerprint density at radius 1 is 1.50 bits per heavy atom. The van der Waals surface area contributed by atoms with Gasteiger partial charge in [-0.15, -0.1) is 0 Å². The van der Waals surface area contributed by atoms with Crippen molar-refractivity contribution >= 4 is 21.6 Å². The summed E-state index contributed by atoms with van der Waals surface area (Å²) >= 11 is 5.71. The number of hydrogen-bond acceptors (Lipinski definition) is 3. The van der Waals surface area contributed by atoms with Gasteiger partial charge in [-0.2, -0.15) is 5.26 Å². The van der Waals surface area contributed by atoms with Crippen LogP contribution in [0.3, 0.4) is 0 Å². The Morgan fingerprint density at radius 3 is 2.67 bits per heavy atom. The maximum absolute atomic E-state index is 13.0. The van der Waals surface area contributed by atoms with Crippen LogP contribution in [-0.2, 0) is 10.0 Å². The van der Waals surface area contributed by atoms with E-state index in [2.05, 4.69) is 4.72 Å². The second-order valence-electron chi connectivity index (χ2n) is 4.39. The number of benzene rings is 1. The summed E-state index contributed by atoms with van der Waals surface area (Å²) < 4.78 is 39.0. The number of nitrogens with zero attached hydrogens (tertiary/aromatic N) is 1. The Balaban J connectivity index is 3.02. The van der Waals surface area contributed by atoms with Gasteiger partial charge in [-0.05, 0) is 32.0 Å². The molecule has 1 aromatic rings. The Kier molecular flexibility index (Phi) is 4.32. The van der Waals surface area contributed by atoms with E-state index in [0.29, 0.717) is 0 Å². The van der Waals surface area contributed by atoms with Crippen molar-refractivity contribution in [2.24, 2.45) is 5.41 Å². The van der Waals surface area contributed by atoms with Crippen molar-refractivity contribution in [3.05, 3.63) is 29.0 Å². The first-order valence-electron chi connectivity index (χ1n) is 5.04. The van der Waals surface area contributed by atoms with Gasteiger partial charge in [0.15, 0.2) is 0 Å². The fraction of sp³-hybridized carbons (Fsp3) is 0.364. The minimum Gasteiger partial charge on any atom is -0.210 e. The maximum atomic E-state index is 13.0. The van der Waals surface area contributed by atoms with Crippen molar-refractivity contribution in [1.29, 1.82) is 5.26 Å². The Labute approximate surface area is 110 Å². The van der Waals surface area contributed by atoms with E-state index in [1.54, 1.807) is 13.8 Å². The lowest BCUT2D eigenvalue weighted by atomic mass is 9.97. The summed E-state index contributed by atoms with van der Waals surface area (Å²) in [7, 11) is -3.93. The van der Waals surface area contributed by atoms with Gasteiger partial charge in [0.25, 0.3) is 0 Å². The summed E-state index contributed by atoms with van der Waals surface area (Å²) in [5, 5.41) is 8.72. The highest BCUT2D eigenvalue weighted by molar-refractivity contribution is 7.89. The fourth-order valence-electron chi connectivity index (χ4n) is 1.08. The predicted octanol–water partition coefficient (Wildman–Crippen LogP) is 2.31. The van der Waals surface area contributed by atoms with Crippen LogP contribution in [-0.4, -0.2) is 15.0 Å². The number of nitriles is 1. The molecule has 7 heteroatoms. The molecule has 0 heterocycles. The minimum absolute atomic E-state index is 0.0707. The third-order valence-corrected chi connectivity index (χ3v) is 4.07. The zero-order valence-corrected chi connectivity index (χ0v) is 11.4. The molecule has 0 radical (unpaired) electrons. The zero-order valence-electron chi connectivity index (χ0n) is 9.87. The van der Waals surface area contributed by atoms with E-state index in [1.807, 2.05) is 6.07 Å². The van der Waals surface area contributed by atoms with Gasteiger partial charge in [0.2, 0.25) is 10.0 Å². The van der Waals surface area contributed by atoms with E-state index < -0.39 is 21.3 Å². The maximum Gasteiger partial charge on any atom is 0.242 e. The van der Waals surface area contributed by atoms with Crippen molar-refractivity contribution in [2.45, 2.75) is 18.7 Å². The van der Waals surface area contributed by atoms with Gasteiger partial charge >= 0.3 is 0 Å². The van der Waals surface area contributed by atoms with Crippen LogP contribution in [0, 0.1) is 22.6 Å². The van der Waals surface area contributed by atoms with Gasteiger partial charge < -0.3 is 0 Å². The molecule has 0 aliphatic heterocycles. The average molecular weight is 291 g/mol. The molecule has 0 unspecified atom stereocenters. The SMILES string of the molecule is CC(C)(C#N)CNS(=O)(=O)c1cc(F)ccc1Cl. The van der Waals surface area contributed by atoms with E-state index in [4.69, 9.17) is 16.9 Å². The molecule has 0 aliphatic rings. The number of rotatable bonds is 4. The molecule has 0 aromatic heterocycles. The van der Waals surface area contributed by atoms with Crippen molar-refractivity contribution in [3.8, 4) is 6.07 Å². The van der Waals surface area contributed by atoms with Gasteiger partial charge in [0, 0.05) is 6.54 Å². The van der Waals surface area contributed by atoms with Crippen LogP contribution in [0.15, 0.2) is 23.1 Å². The topological polar surface area (TPSA) is 70.0 Å². The smallest absolute Gasteiger partial charge is 0.210 e. The Hall–Kier alpha value is -1.16. The fourth-order valence-corrected chi connectivity index (χ4v) is 2.80. The Morgan fingerprint density at radius 2 is 2.11 bits per heavy atom. The highest BCUT2D eigenvalue weighted by Crippen LogP contribution is 2.22. The molecule has 1 aromatic carbocycles. The first-order valence-corrected chi connectivity index (χ1v) is 6.90. The van der Waals surface area contributed by atoms with Crippen LogP contribution >= 0.6 is 11.6 Å². The van der Waals surface area contributed by atoms with E-state index in [0.717, 1.165) is 12.1 Å². The molecular weight excluding hydrogens is 279 g/mol. The summed E-state index contributed by atoms with van der Waals surface area (Å²) in [4.78, 5) is -0.335. The quantitative estimate of drug-likeness (QED) is 0.925. The molecule has 1 N–H and O–H groups in total. The van der Waals surface area contributed by atoms with Crippen LogP contribution in [0.4, 0.5) is 4.39 Å². The third-order valence-electron chi connectivity index (χ3n) is 2.19. The number of sulfonamides is 1. The average Bonchev–Trinajstić information content (AvgIpc) is 2.30. The van der Waals surface area contributed by atoms with E-state index in [-0.39, 0.29) is 16.5 Å². The molecule has 0 bridgehead atoms. The lowest BCUT2D eigenvalue weighted by Crippen LogP contribution is -2.33. The van der Waals surface area contributed by atoms with Gasteiger partial charge in [-0.25, -0.2) is 17.5 Å². The summed E-state index contributed by atoms with van der Waals surface area (Å²) in [5.41, 5.74) is -0.854. The second-order valence-corrected chi connectivity index (χ2v) is 6.54. The standard InChI is InChI=1S/C11H12ClFN2O2S/c1-11(2,6-14)7-15-18(16,17)10-5-8(13)3-4-9(10)12/h3-5,15H,7H2,1-2H3. The molecule has 0 atom stereocenters. The molecular formula is C11H12ClFN2O2S. The third kappa shape index (κ3) is 3.67. The molecule has 18 heavy (non-hydrogen) atoms. The molecule has 98 valence electrons. The molecule has 0 spiro atoms. The predicted molar refractivity (Wildman–Crippen MR) is 66.0 cm³/mol. The summed E-state index contributed by atoms with van der Waals surface area (Å²) in [6.45, 7) is 3.09. The second kappa shape index (κ2) is 5.22. The number of nitrogens with one attached hydrogen (secondary N) is 1. The van der Waals surface area contributed by atoms with Crippen molar-refractivity contribution in [3.63, 3.8) is 0 Å². The van der Waals surface area contributed by atoms with Gasteiger partial charge in [-0.3, -0.25) is 0 Å². The van der Waals surface area contributed by atoms with Crippen LogP contribution in [0.25, 0.3) is 0 Å². The van der Waals surface area contributed by atoms with Crippen LogP contribution in [0.2, 0.25) is 5.02 Å². The first kappa shape index (κ1) is 14.9. The highest BCUT2D eigenvalue weighted by Gasteiger charge is 2.23. The molecule has 0 aliphatic carbocycles. The van der Waals surface area contributed by atoms with Gasteiger partial charge in [-0.1, -0.05) is 11.6 Å². The highest BCUT2D eigenvalue weighted by atomic mass is 35.5. The lowest BCUT2D eigenvalue weighted by molar-refractivity contribution is 0.478. The van der Waals surface area contributed by atoms with E-state index in [9.17, 15) is 12.8 Å². The zero-order chi connectivity index (χ0) is 14.0. The Bertz CT molecular complexity index is 594. The lowest BCUT2D eigenvalue weighted by Gasteiger charge is -2.16. The monoisotopic (exact) mass is 290 g/mol. The van der Waals surface area contributed by atoms with Gasteiger partial charge in [0.05, 0.1) is 16.5 Å². The minimum atomic E-state index is -3.93. The van der Waals surface area contributed by atoms with Crippen LogP contribution in [0.1, 0.15) is 13.8 Å². The normalized spacial score (nSPS) is 12.2. The van der Waals surface area contributed by atoms with Crippen LogP contribution in [0.5, 0.6) is 0 Å². The van der Waals surface area contributed by atoms with Crippen molar-refractivity contribution in [2.75, 3.05) is 6.54 Å². The number of halogens is 2. The first-order chi connectivity index (χ1) is 8.18. The van der Waals surface area contributed by atoms with Crippen molar-refractivity contribution < 1.29 is 12.8 Å². The molecule has 0 saturated heterocycles. The van der Waals surface area contributed by atoms with E-state index in [1.165, 1.54) is 6.07 Å². The largest absolute Gasteiger partial charge is 0.242 e. The number of hydrogen-bond donors (Lipinski definition) is 1.